The number of aromatic carboxylic acids is 1. The quantitative estimate of drug-likeness (QED) is 0.731. The molecule has 0 radical (unpaired) electrons. The maximum Gasteiger partial charge on any atom is 0.339 e. The molecule has 2 aromatic carbocycles. The molecule has 0 aliphatic heterocycles. The van der Waals surface area contributed by atoms with Crippen LogP contribution in [0.3, 0.4) is 0 Å². The molecule has 3 rings (SSSR count). The summed E-state index contributed by atoms with van der Waals surface area (Å²) in [6, 6.07) is 14.2. The standard InChI is InChI=1S/C18H15NO4S/c1-22-13-8-6-12(7-9-13)15-11-24-17(19-15)10-23-16-5-3-2-4-14(16)18(20)21/h2-9,11H,10H2,1H3,(H,20,21). The number of methoxy groups -OCH3 is 1. The van der Waals surface area contributed by atoms with Crippen molar-refractivity contribution in [3.8, 4) is 22.8 Å². The molecule has 0 fully saturated rings. The average molecular weight is 341 g/mol. The van der Waals surface area contributed by atoms with Gasteiger partial charge in [-0.05, 0) is 36.4 Å². The van der Waals surface area contributed by atoms with Crippen molar-refractivity contribution >= 4 is 17.3 Å². The number of para-hydroxylation sites is 1. The van der Waals surface area contributed by atoms with Crippen LogP contribution in [0.1, 0.15) is 15.4 Å². The van der Waals surface area contributed by atoms with Gasteiger partial charge in [0.05, 0.1) is 12.8 Å². The van der Waals surface area contributed by atoms with Crippen LogP contribution < -0.4 is 9.47 Å². The number of carbonyl (C=O) groups is 1. The van der Waals surface area contributed by atoms with Gasteiger partial charge < -0.3 is 14.6 Å². The van der Waals surface area contributed by atoms with Crippen LogP contribution in [-0.2, 0) is 6.61 Å². The van der Waals surface area contributed by atoms with E-state index in [0.717, 1.165) is 22.0 Å². The lowest BCUT2D eigenvalue weighted by Gasteiger charge is -2.07. The number of benzene rings is 2. The van der Waals surface area contributed by atoms with Gasteiger partial charge >= 0.3 is 5.97 Å². The fourth-order valence-corrected chi connectivity index (χ4v) is 2.89. The zero-order valence-electron chi connectivity index (χ0n) is 12.9. The number of carboxylic acids is 1. The second-order valence-electron chi connectivity index (χ2n) is 4.94. The number of hydrogen-bond donors (Lipinski definition) is 1. The van der Waals surface area contributed by atoms with Crippen LogP contribution in [0, 0.1) is 0 Å². The lowest BCUT2D eigenvalue weighted by atomic mass is 10.2. The molecule has 0 aliphatic rings. The monoisotopic (exact) mass is 341 g/mol. The third-order valence-electron chi connectivity index (χ3n) is 3.41. The summed E-state index contributed by atoms with van der Waals surface area (Å²) in [4.78, 5) is 15.7. The highest BCUT2D eigenvalue weighted by Gasteiger charge is 2.11. The molecule has 24 heavy (non-hydrogen) atoms. The Morgan fingerprint density at radius 3 is 2.62 bits per heavy atom. The van der Waals surface area contributed by atoms with Crippen molar-refractivity contribution < 1.29 is 19.4 Å². The Kier molecular flexibility index (Phi) is 4.77. The zero-order chi connectivity index (χ0) is 16.9. The van der Waals surface area contributed by atoms with Crippen molar-refractivity contribution in [1.82, 2.24) is 4.98 Å². The van der Waals surface area contributed by atoms with Crippen molar-refractivity contribution in [3.63, 3.8) is 0 Å². The van der Waals surface area contributed by atoms with E-state index >= 15 is 0 Å². The minimum Gasteiger partial charge on any atom is -0.497 e. The lowest BCUT2D eigenvalue weighted by molar-refractivity contribution is 0.0691. The lowest BCUT2D eigenvalue weighted by Crippen LogP contribution is -2.03. The molecule has 122 valence electrons. The molecule has 0 atom stereocenters. The van der Waals surface area contributed by atoms with E-state index in [1.807, 2.05) is 29.6 Å². The Morgan fingerprint density at radius 2 is 1.92 bits per heavy atom. The van der Waals surface area contributed by atoms with E-state index in [1.54, 1.807) is 25.3 Å². The topological polar surface area (TPSA) is 68.7 Å². The molecule has 1 N–H and O–H groups in total. The van der Waals surface area contributed by atoms with Gasteiger partial charge in [-0.2, -0.15) is 0 Å². The molecule has 0 unspecified atom stereocenters. The van der Waals surface area contributed by atoms with Crippen LogP contribution in [0.15, 0.2) is 53.9 Å². The van der Waals surface area contributed by atoms with Crippen molar-refractivity contribution in [2.45, 2.75) is 6.61 Å². The molecule has 0 bridgehead atoms. The molecule has 0 spiro atoms. The Morgan fingerprint density at radius 1 is 1.17 bits per heavy atom. The highest BCUT2D eigenvalue weighted by Crippen LogP contribution is 2.25. The number of hydrogen-bond acceptors (Lipinski definition) is 5. The predicted molar refractivity (Wildman–Crippen MR) is 91.8 cm³/mol. The van der Waals surface area contributed by atoms with Gasteiger partial charge in [-0.1, -0.05) is 12.1 Å². The summed E-state index contributed by atoms with van der Waals surface area (Å²) >= 11 is 1.47. The van der Waals surface area contributed by atoms with E-state index in [4.69, 9.17) is 14.6 Å². The van der Waals surface area contributed by atoms with E-state index in [0.29, 0.717) is 5.75 Å². The van der Waals surface area contributed by atoms with Gasteiger partial charge in [0.2, 0.25) is 0 Å². The number of ether oxygens (including phenoxy) is 2. The van der Waals surface area contributed by atoms with Gasteiger partial charge in [-0.15, -0.1) is 11.3 Å². The summed E-state index contributed by atoms with van der Waals surface area (Å²) < 4.78 is 10.8. The summed E-state index contributed by atoms with van der Waals surface area (Å²) in [5, 5.41) is 11.9. The minimum atomic E-state index is -1.01. The number of thiazole rings is 1. The second kappa shape index (κ2) is 7.14. The smallest absolute Gasteiger partial charge is 0.339 e. The van der Waals surface area contributed by atoms with Crippen molar-refractivity contribution in [2.75, 3.05) is 7.11 Å². The maximum atomic E-state index is 11.2. The predicted octanol–water partition coefficient (Wildman–Crippen LogP) is 4.10. The van der Waals surface area contributed by atoms with E-state index in [9.17, 15) is 4.79 Å². The van der Waals surface area contributed by atoms with Crippen LogP contribution in [0.2, 0.25) is 0 Å². The molecule has 0 saturated carbocycles. The van der Waals surface area contributed by atoms with Gasteiger partial charge in [0.15, 0.2) is 0 Å². The maximum absolute atomic E-state index is 11.2. The van der Waals surface area contributed by atoms with Crippen molar-refractivity contribution in [3.05, 3.63) is 64.5 Å². The SMILES string of the molecule is COc1ccc(-c2csc(COc3ccccc3C(=O)O)n2)cc1. The summed E-state index contributed by atoms with van der Waals surface area (Å²) in [6.07, 6.45) is 0. The Labute approximate surface area is 143 Å². The van der Waals surface area contributed by atoms with Gasteiger partial charge in [0.1, 0.15) is 28.7 Å². The Balaban J connectivity index is 1.71. The number of nitrogens with zero attached hydrogens (tertiary/aromatic N) is 1. The van der Waals surface area contributed by atoms with Crippen molar-refractivity contribution in [1.29, 1.82) is 0 Å². The van der Waals surface area contributed by atoms with Crippen LogP contribution in [0.5, 0.6) is 11.5 Å². The van der Waals surface area contributed by atoms with E-state index < -0.39 is 5.97 Å². The highest BCUT2D eigenvalue weighted by molar-refractivity contribution is 7.09. The molecular formula is C18H15NO4S. The Hall–Kier alpha value is -2.86. The van der Waals surface area contributed by atoms with Crippen LogP contribution in [0.25, 0.3) is 11.3 Å². The largest absolute Gasteiger partial charge is 0.497 e. The zero-order valence-corrected chi connectivity index (χ0v) is 13.7. The summed E-state index contributed by atoms with van der Waals surface area (Å²) in [6.45, 7) is 0.227. The van der Waals surface area contributed by atoms with Crippen molar-refractivity contribution in [2.24, 2.45) is 0 Å². The minimum absolute atomic E-state index is 0.143. The number of rotatable bonds is 6. The van der Waals surface area contributed by atoms with Gasteiger partial charge in [-0.25, -0.2) is 9.78 Å². The first kappa shape index (κ1) is 16.0. The summed E-state index contributed by atoms with van der Waals surface area (Å²) in [7, 11) is 1.63. The molecule has 0 saturated heterocycles. The molecule has 1 aromatic heterocycles. The number of aromatic nitrogens is 1. The first-order valence-corrected chi connectivity index (χ1v) is 8.09. The average Bonchev–Trinajstić information content (AvgIpc) is 3.09. The molecule has 1 heterocycles. The molecule has 5 nitrogen and oxygen atoms in total. The molecular weight excluding hydrogens is 326 g/mol. The van der Waals surface area contributed by atoms with Crippen LogP contribution in [0.4, 0.5) is 0 Å². The fraction of sp³-hybridized carbons (Fsp3) is 0.111. The number of carboxylic acid groups (broad SMARTS) is 1. The normalized spacial score (nSPS) is 10.4. The highest BCUT2D eigenvalue weighted by atomic mass is 32.1. The first-order valence-electron chi connectivity index (χ1n) is 7.21. The third-order valence-corrected chi connectivity index (χ3v) is 4.23. The van der Waals surface area contributed by atoms with Gasteiger partial charge in [0, 0.05) is 10.9 Å². The Bertz CT molecular complexity index is 842. The van der Waals surface area contributed by atoms with E-state index in [2.05, 4.69) is 4.98 Å². The molecule has 3 aromatic rings. The fourth-order valence-electron chi connectivity index (χ4n) is 2.18. The summed E-state index contributed by atoms with van der Waals surface area (Å²) in [5.41, 5.74) is 1.99. The second-order valence-corrected chi connectivity index (χ2v) is 5.89. The first-order chi connectivity index (χ1) is 11.7. The van der Waals surface area contributed by atoms with Crippen LogP contribution >= 0.6 is 11.3 Å². The van der Waals surface area contributed by atoms with Gasteiger partial charge in [-0.3, -0.25) is 0 Å². The molecule has 0 amide bonds. The van der Waals surface area contributed by atoms with E-state index in [-0.39, 0.29) is 12.2 Å². The van der Waals surface area contributed by atoms with Gasteiger partial charge in [0.25, 0.3) is 0 Å². The summed E-state index contributed by atoms with van der Waals surface area (Å²) in [5.74, 6) is 0.123. The third kappa shape index (κ3) is 3.55. The molecule has 6 heteroatoms. The van der Waals surface area contributed by atoms with Crippen LogP contribution in [-0.4, -0.2) is 23.2 Å². The van der Waals surface area contributed by atoms with E-state index in [1.165, 1.54) is 17.4 Å². The molecule has 0 aliphatic carbocycles.